The molecule has 0 spiro atoms. The number of hydrogen-bond acceptors (Lipinski definition) is 1. The van der Waals surface area contributed by atoms with Gasteiger partial charge in [-0.05, 0) is 44.6 Å². The first-order valence-corrected chi connectivity index (χ1v) is 6.99. The summed E-state index contributed by atoms with van der Waals surface area (Å²) in [5, 5.41) is 10.2. The van der Waals surface area contributed by atoms with Crippen molar-refractivity contribution in [3.8, 4) is 0 Å². The fourth-order valence-electron chi connectivity index (χ4n) is 3.04. The van der Waals surface area contributed by atoms with E-state index in [9.17, 15) is 13.9 Å². The van der Waals surface area contributed by atoms with Gasteiger partial charge in [0.05, 0.1) is 6.10 Å². The van der Waals surface area contributed by atoms with Crippen LogP contribution in [0.4, 0.5) is 8.78 Å². The monoisotopic (exact) mass is 268 g/mol. The van der Waals surface area contributed by atoms with Gasteiger partial charge in [-0.15, -0.1) is 0 Å². The largest absolute Gasteiger partial charge is 0.392 e. The molecule has 1 aliphatic carbocycles. The van der Waals surface area contributed by atoms with Crippen molar-refractivity contribution in [3.63, 3.8) is 0 Å². The summed E-state index contributed by atoms with van der Waals surface area (Å²) >= 11 is 0. The lowest BCUT2D eigenvalue weighted by molar-refractivity contribution is -0.0619. The van der Waals surface area contributed by atoms with Crippen LogP contribution in [0.3, 0.4) is 0 Å². The molecule has 1 aromatic carbocycles. The van der Waals surface area contributed by atoms with Crippen LogP contribution in [0.5, 0.6) is 0 Å². The first-order chi connectivity index (χ1) is 8.85. The molecule has 0 radical (unpaired) electrons. The molecule has 0 aromatic heterocycles. The van der Waals surface area contributed by atoms with E-state index in [0.717, 1.165) is 5.56 Å². The van der Waals surface area contributed by atoms with Crippen LogP contribution in [0, 0.1) is 19.8 Å². The molecule has 19 heavy (non-hydrogen) atoms. The van der Waals surface area contributed by atoms with Crippen LogP contribution in [0.15, 0.2) is 18.2 Å². The number of aliphatic hydroxyl groups is 1. The Morgan fingerprint density at radius 1 is 1.16 bits per heavy atom. The van der Waals surface area contributed by atoms with Crippen molar-refractivity contribution in [2.24, 2.45) is 5.92 Å². The van der Waals surface area contributed by atoms with Crippen molar-refractivity contribution in [1.29, 1.82) is 0 Å². The van der Waals surface area contributed by atoms with Crippen molar-refractivity contribution >= 4 is 0 Å². The van der Waals surface area contributed by atoms with Crippen molar-refractivity contribution in [2.75, 3.05) is 0 Å². The lowest BCUT2D eigenvalue weighted by Crippen LogP contribution is -2.32. The van der Waals surface area contributed by atoms with Crippen molar-refractivity contribution in [1.82, 2.24) is 0 Å². The predicted octanol–water partition coefficient (Wildman–Crippen LogP) is 4.03. The SMILES string of the molecule is Cc1cc(C)cc(CC(O)C2CCC(F)(F)CC2)c1. The summed E-state index contributed by atoms with van der Waals surface area (Å²) < 4.78 is 26.2. The molecule has 1 unspecified atom stereocenters. The van der Waals surface area contributed by atoms with Crippen molar-refractivity contribution < 1.29 is 13.9 Å². The zero-order valence-corrected chi connectivity index (χ0v) is 11.6. The summed E-state index contributed by atoms with van der Waals surface area (Å²) in [6.45, 7) is 4.06. The summed E-state index contributed by atoms with van der Waals surface area (Å²) in [5.41, 5.74) is 3.46. The third-order valence-electron chi connectivity index (χ3n) is 4.03. The molecule has 1 saturated carbocycles. The Morgan fingerprint density at radius 2 is 1.68 bits per heavy atom. The highest BCUT2D eigenvalue weighted by Gasteiger charge is 2.37. The van der Waals surface area contributed by atoms with Gasteiger partial charge >= 0.3 is 0 Å². The molecule has 1 nitrogen and oxygen atoms in total. The molecule has 0 aliphatic heterocycles. The summed E-state index contributed by atoms with van der Waals surface area (Å²) in [5.74, 6) is -2.50. The molecule has 0 heterocycles. The molecule has 2 rings (SSSR count). The van der Waals surface area contributed by atoms with E-state index < -0.39 is 12.0 Å². The first kappa shape index (κ1) is 14.4. The van der Waals surface area contributed by atoms with Gasteiger partial charge in [-0.3, -0.25) is 0 Å². The predicted molar refractivity (Wildman–Crippen MR) is 72.5 cm³/mol. The lowest BCUT2D eigenvalue weighted by atomic mass is 9.81. The smallest absolute Gasteiger partial charge is 0.248 e. The minimum atomic E-state index is -2.52. The molecule has 0 bridgehead atoms. The third-order valence-corrected chi connectivity index (χ3v) is 4.03. The average Bonchev–Trinajstić information content (AvgIpc) is 2.26. The molecule has 0 amide bonds. The number of alkyl halides is 2. The van der Waals surface area contributed by atoms with E-state index in [1.165, 1.54) is 11.1 Å². The highest BCUT2D eigenvalue weighted by Crippen LogP contribution is 2.38. The summed E-state index contributed by atoms with van der Waals surface area (Å²) in [7, 11) is 0. The number of aryl methyl sites for hydroxylation is 2. The van der Waals surface area contributed by atoms with Crippen LogP contribution in [0.2, 0.25) is 0 Å². The van der Waals surface area contributed by atoms with E-state index in [0.29, 0.717) is 19.3 Å². The molecule has 106 valence electrons. The fraction of sp³-hybridized carbons (Fsp3) is 0.625. The molecule has 3 heteroatoms. The number of halogens is 2. The zero-order valence-electron chi connectivity index (χ0n) is 11.6. The Hall–Kier alpha value is -0.960. The second-order valence-electron chi connectivity index (χ2n) is 5.96. The van der Waals surface area contributed by atoms with Gasteiger partial charge < -0.3 is 5.11 Å². The Balaban J connectivity index is 1.96. The topological polar surface area (TPSA) is 20.2 Å². The Morgan fingerprint density at radius 3 is 2.21 bits per heavy atom. The normalized spacial score (nSPS) is 21.3. The van der Waals surface area contributed by atoms with E-state index in [1.807, 2.05) is 13.8 Å². The zero-order chi connectivity index (χ0) is 14.0. The minimum absolute atomic E-state index is 0.0143. The summed E-state index contributed by atoms with van der Waals surface area (Å²) in [6.07, 6.45) is 0.761. The van der Waals surface area contributed by atoms with Crippen LogP contribution >= 0.6 is 0 Å². The van der Waals surface area contributed by atoms with Gasteiger partial charge in [0.25, 0.3) is 0 Å². The van der Waals surface area contributed by atoms with E-state index in [2.05, 4.69) is 18.2 Å². The van der Waals surface area contributed by atoms with E-state index in [1.54, 1.807) is 0 Å². The maximum atomic E-state index is 13.1. The van der Waals surface area contributed by atoms with Gasteiger partial charge in [0, 0.05) is 12.8 Å². The standard InChI is InChI=1S/C16H22F2O/c1-11-7-12(2)9-13(8-11)10-15(19)14-3-5-16(17,18)6-4-14/h7-9,14-15,19H,3-6,10H2,1-2H3. The van der Waals surface area contributed by atoms with Crippen LogP contribution < -0.4 is 0 Å². The van der Waals surface area contributed by atoms with Gasteiger partial charge in [-0.1, -0.05) is 29.3 Å². The van der Waals surface area contributed by atoms with Crippen LogP contribution in [-0.2, 0) is 6.42 Å². The van der Waals surface area contributed by atoms with Gasteiger partial charge in [-0.25, -0.2) is 8.78 Å². The molecule has 1 N–H and O–H groups in total. The second kappa shape index (κ2) is 5.58. The van der Waals surface area contributed by atoms with Gasteiger partial charge in [-0.2, -0.15) is 0 Å². The highest BCUT2D eigenvalue weighted by atomic mass is 19.3. The number of aliphatic hydroxyl groups excluding tert-OH is 1. The maximum absolute atomic E-state index is 13.1. The van der Waals surface area contributed by atoms with Gasteiger partial charge in [0.15, 0.2) is 0 Å². The third kappa shape index (κ3) is 4.00. The molecule has 0 saturated heterocycles. The number of hydrogen-bond donors (Lipinski definition) is 1. The van der Waals surface area contributed by atoms with E-state index in [4.69, 9.17) is 0 Å². The van der Waals surface area contributed by atoms with Gasteiger partial charge in [0.1, 0.15) is 0 Å². The number of benzene rings is 1. The van der Waals surface area contributed by atoms with Crippen LogP contribution in [0.25, 0.3) is 0 Å². The van der Waals surface area contributed by atoms with Crippen LogP contribution in [0.1, 0.15) is 42.4 Å². The Kier molecular flexibility index (Phi) is 4.24. The summed E-state index contributed by atoms with van der Waals surface area (Å²) in [4.78, 5) is 0. The van der Waals surface area contributed by atoms with E-state index >= 15 is 0 Å². The quantitative estimate of drug-likeness (QED) is 0.877. The highest BCUT2D eigenvalue weighted by molar-refractivity contribution is 5.29. The Labute approximate surface area is 113 Å². The van der Waals surface area contributed by atoms with Gasteiger partial charge in [0.2, 0.25) is 5.92 Å². The Bertz CT molecular complexity index is 412. The summed E-state index contributed by atoms with van der Waals surface area (Å²) in [6, 6.07) is 6.22. The lowest BCUT2D eigenvalue weighted by Gasteiger charge is -2.31. The number of rotatable bonds is 3. The molecular formula is C16H22F2O. The second-order valence-corrected chi connectivity index (χ2v) is 5.96. The fourth-order valence-corrected chi connectivity index (χ4v) is 3.04. The maximum Gasteiger partial charge on any atom is 0.248 e. The first-order valence-electron chi connectivity index (χ1n) is 6.99. The molecule has 1 aliphatic rings. The molecular weight excluding hydrogens is 246 g/mol. The van der Waals surface area contributed by atoms with Crippen molar-refractivity contribution in [3.05, 3.63) is 34.9 Å². The molecule has 1 atom stereocenters. The van der Waals surface area contributed by atoms with Crippen molar-refractivity contribution in [2.45, 2.75) is 58.0 Å². The van der Waals surface area contributed by atoms with E-state index in [-0.39, 0.29) is 18.8 Å². The average molecular weight is 268 g/mol. The minimum Gasteiger partial charge on any atom is -0.392 e. The molecule has 1 aromatic rings. The molecule has 1 fully saturated rings. The van der Waals surface area contributed by atoms with Crippen LogP contribution in [-0.4, -0.2) is 17.1 Å².